The quantitative estimate of drug-likeness (QED) is 0.921. The highest BCUT2D eigenvalue weighted by molar-refractivity contribution is 7.99. The number of benzene rings is 1. The minimum Gasteiger partial charge on any atom is -0.344 e. The van der Waals surface area contributed by atoms with Crippen LogP contribution in [-0.2, 0) is 4.79 Å². The van der Waals surface area contributed by atoms with Gasteiger partial charge in [-0.3, -0.25) is 9.78 Å². The zero-order valence-electron chi connectivity index (χ0n) is 12.6. The molecule has 0 fully saturated rings. The Morgan fingerprint density at radius 3 is 2.76 bits per heavy atom. The van der Waals surface area contributed by atoms with Gasteiger partial charge in [0.05, 0.1) is 11.8 Å². The van der Waals surface area contributed by atoms with Gasteiger partial charge >= 0.3 is 0 Å². The molecule has 0 saturated carbocycles. The number of hydrogen-bond acceptors (Lipinski definition) is 3. The van der Waals surface area contributed by atoms with Gasteiger partial charge in [0.25, 0.3) is 0 Å². The van der Waals surface area contributed by atoms with Crippen LogP contribution in [0.3, 0.4) is 0 Å². The fourth-order valence-corrected chi connectivity index (χ4v) is 2.72. The summed E-state index contributed by atoms with van der Waals surface area (Å²) >= 11 is 1.52. The van der Waals surface area contributed by atoms with Crippen LogP contribution in [0.25, 0.3) is 0 Å². The molecule has 110 valence electrons. The van der Waals surface area contributed by atoms with Crippen molar-refractivity contribution in [3.05, 3.63) is 65.0 Å². The van der Waals surface area contributed by atoms with Gasteiger partial charge in [-0.25, -0.2) is 0 Å². The predicted molar refractivity (Wildman–Crippen MR) is 88.5 cm³/mol. The second-order valence-electron chi connectivity index (χ2n) is 5.08. The molecule has 4 heteroatoms. The van der Waals surface area contributed by atoms with Crippen LogP contribution >= 0.6 is 11.8 Å². The maximum Gasteiger partial charge on any atom is 0.230 e. The normalized spacial score (nSPS) is 12.0. The highest BCUT2D eigenvalue weighted by Gasteiger charge is 2.18. The summed E-state index contributed by atoms with van der Waals surface area (Å²) in [5, 5.41) is 3.11. The highest BCUT2D eigenvalue weighted by Crippen LogP contribution is 2.25. The molecule has 1 heterocycles. The molecular weight excluding hydrogens is 280 g/mol. The van der Waals surface area contributed by atoms with Crippen molar-refractivity contribution in [2.24, 2.45) is 0 Å². The number of carbonyl (C=O) groups is 1. The van der Waals surface area contributed by atoms with E-state index in [2.05, 4.69) is 42.3 Å². The lowest BCUT2D eigenvalue weighted by Gasteiger charge is -2.21. The number of nitrogens with one attached hydrogen (secondary N) is 1. The molecule has 0 saturated heterocycles. The average Bonchev–Trinajstić information content (AvgIpc) is 2.47. The number of aromatic nitrogens is 1. The number of nitrogens with zero attached hydrogens (tertiary/aromatic N) is 1. The second kappa shape index (κ2) is 7.27. The van der Waals surface area contributed by atoms with E-state index in [1.54, 1.807) is 6.20 Å². The fraction of sp³-hybridized carbons (Fsp3) is 0.294. The van der Waals surface area contributed by atoms with Crippen molar-refractivity contribution in [3.8, 4) is 0 Å². The van der Waals surface area contributed by atoms with E-state index >= 15 is 0 Å². The van der Waals surface area contributed by atoms with Crippen LogP contribution in [0.15, 0.2) is 42.7 Å². The second-order valence-corrected chi connectivity index (χ2v) is 5.95. The monoisotopic (exact) mass is 300 g/mol. The molecule has 1 atom stereocenters. The number of pyridine rings is 1. The predicted octanol–water partition coefficient (Wildman–Crippen LogP) is 3.27. The minimum atomic E-state index is -0.154. The fourth-order valence-electron chi connectivity index (χ4n) is 2.37. The molecule has 0 unspecified atom stereocenters. The molecular formula is C17H20N2OS. The Kier molecular flexibility index (Phi) is 5.39. The number of carbonyl (C=O) groups excluding carboxylic acids is 1. The van der Waals surface area contributed by atoms with Crippen LogP contribution in [0.5, 0.6) is 0 Å². The lowest BCUT2D eigenvalue weighted by atomic mass is 9.94. The van der Waals surface area contributed by atoms with E-state index in [1.165, 1.54) is 22.9 Å². The maximum absolute atomic E-state index is 12.0. The number of thioether (sulfide) groups is 1. The van der Waals surface area contributed by atoms with Crippen molar-refractivity contribution in [1.82, 2.24) is 10.3 Å². The molecule has 1 amide bonds. The number of hydrogen-bond donors (Lipinski definition) is 1. The summed E-state index contributed by atoms with van der Waals surface area (Å²) in [6, 6.07) is 10.0. The van der Waals surface area contributed by atoms with E-state index in [4.69, 9.17) is 0 Å². The third-order valence-corrected chi connectivity index (χ3v) is 3.89. The van der Waals surface area contributed by atoms with E-state index in [9.17, 15) is 4.79 Å². The van der Waals surface area contributed by atoms with Gasteiger partial charge in [0.15, 0.2) is 0 Å². The summed E-state index contributed by atoms with van der Waals surface area (Å²) in [5.41, 5.74) is 4.51. The van der Waals surface area contributed by atoms with E-state index in [1.807, 2.05) is 24.6 Å². The molecule has 0 aliphatic carbocycles. The molecule has 0 radical (unpaired) electrons. The van der Waals surface area contributed by atoms with Crippen LogP contribution < -0.4 is 5.32 Å². The van der Waals surface area contributed by atoms with E-state index in [-0.39, 0.29) is 11.9 Å². The maximum atomic E-state index is 12.0. The van der Waals surface area contributed by atoms with Crippen LogP contribution in [0.4, 0.5) is 0 Å². The summed E-state index contributed by atoms with van der Waals surface area (Å²) in [7, 11) is 0. The smallest absolute Gasteiger partial charge is 0.230 e. The van der Waals surface area contributed by atoms with Crippen molar-refractivity contribution in [1.29, 1.82) is 0 Å². The number of aryl methyl sites for hydroxylation is 2. The SMILES string of the molecule is CSCC(=O)N[C@@H](c1cccnc1)c1ccc(C)cc1C. The van der Waals surface area contributed by atoms with Gasteiger partial charge in [-0.1, -0.05) is 29.8 Å². The molecule has 1 N–H and O–H groups in total. The largest absolute Gasteiger partial charge is 0.344 e. The van der Waals surface area contributed by atoms with Gasteiger partial charge in [0, 0.05) is 12.4 Å². The molecule has 1 aromatic heterocycles. The first-order valence-corrected chi connectivity index (χ1v) is 8.26. The summed E-state index contributed by atoms with van der Waals surface area (Å²) in [5.74, 6) is 0.498. The van der Waals surface area contributed by atoms with Crippen molar-refractivity contribution in [2.45, 2.75) is 19.9 Å². The van der Waals surface area contributed by atoms with Crippen molar-refractivity contribution in [2.75, 3.05) is 12.0 Å². The van der Waals surface area contributed by atoms with Crippen LogP contribution in [0, 0.1) is 13.8 Å². The van der Waals surface area contributed by atoms with Gasteiger partial charge < -0.3 is 5.32 Å². The first-order valence-electron chi connectivity index (χ1n) is 6.87. The van der Waals surface area contributed by atoms with Gasteiger partial charge in [0.2, 0.25) is 5.91 Å². The van der Waals surface area contributed by atoms with Crippen molar-refractivity contribution < 1.29 is 4.79 Å². The van der Waals surface area contributed by atoms with Crippen LogP contribution in [0.1, 0.15) is 28.3 Å². The van der Waals surface area contributed by atoms with E-state index in [0.29, 0.717) is 5.75 Å². The molecule has 1 aromatic carbocycles. The molecule has 3 nitrogen and oxygen atoms in total. The Bertz CT molecular complexity index is 613. The Morgan fingerprint density at radius 2 is 2.14 bits per heavy atom. The summed E-state index contributed by atoms with van der Waals surface area (Å²) in [4.78, 5) is 16.2. The van der Waals surface area contributed by atoms with E-state index in [0.717, 1.165) is 11.1 Å². The molecule has 2 rings (SSSR count). The van der Waals surface area contributed by atoms with E-state index < -0.39 is 0 Å². The third-order valence-electron chi connectivity index (χ3n) is 3.33. The first kappa shape index (κ1) is 15.6. The lowest BCUT2D eigenvalue weighted by Crippen LogP contribution is -2.31. The molecule has 0 aliphatic heterocycles. The van der Waals surface area contributed by atoms with Gasteiger partial charge in [-0.15, -0.1) is 0 Å². The number of amides is 1. The Hall–Kier alpha value is -1.81. The topological polar surface area (TPSA) is 42.0 Å². The Labute approximate surface area is 130 Å². The molecule has 0 bridgehead atoms. The zero-order chi connectivity index (χ0) is 15.2. The third kappa shape index (κ3) is 4.08. The van der Waals surface area contributed by atoms with Gasteiger partial charge in [-0.2, -0.15) is 11.8 Å². The molecule has 0 aliphatic rings. The minimum absolute atomic E-state index is 0.0383. The van der Waals surface area contributed by atoms with Gasteiger partial charge in [0.1, 0.15) is 0 Å². The van der Waals surface area contributed by atoms with Crippen LogP contribution in [-0.4, -0.2) is 22.9 Å². The summed E-state index contributed by atoms with van der Waals surface area (Å²) < 4.78 is 0. The first-order chi connectivity index (χ1) is 10.1. The average molecular weight is 300 g/mol. The van der Waals surface area contributed by atoms with Gasteiger partial charge in [-0.05, 0) is 42.9 Å². The van der Waals surface area contributed by atoms with Crippen LogP contribution in [0.2, 0.25) is 0 Å². The number of rotatable bonds is 5. The zero-order valence-corrected chi connectivity index (χ0v) is 13.4. The molecule has 0 spiro atoms. The molecule has 2 aromatic rings. The Balaban J connectivity index is 2.38. The highest BCUT2D eigenvalue weighted by atomic mass is 32.2. The molecule has 21 heavy (non-hydrogen) atoms. The standard InChI is InChI=1S/C17H20N2OS/c1-12-6-7-15(13(2)9-12)17(19-16(20)11-21-3)14-5-4-8-18-10-14/h4-10,17H,11H2,1-3H3,(H,19,20)/t17-/m0/s1. The summed E-state index contributed by atoms with van der Waals surface area (Å²) in [6.07, 6.45) is 5.48. The van der Waals surface area contributed by atoms with Crippen molar-refractivity contribution in [3.63, 3.8) is 0 Å². The Morgan fingerprint density at radius 1 is 1.33 bits per heavy atom. The van der Waals surface area contributed by atoms with Crippen molar-refractivity contribution >= 4 is 17.7 Å². The lowest BCUT2D eigenvalue weighted by molar-refractivity contribution is -0.119. The summed E-state index contributed by atoms with van der Waals surface area (Å²) in [6.45, 7) is 4.15.